The molecule has 10 nitrogen and oxygen atoms in total. The third kappa shape index (κ3) is 3.40. The molecule has 140 valence electrons. The van der Waals surface area contributed by atoms with E-state index in [2.05, 4.69) is 15.0 Å². The fraction of sp³-hybridized carbons (Fsp3) is 0.500. The van der Waals surface area contributed by atoms with E-state index in [-0.39, 0.29) is 28.9 Å². The number of halogens is 2. The van der Waals surface area contributed by atoms with Gasteiger partial charge in [-0.1, -0.05) is 0 Å². The second-order valence-electron chi connectivity index (χ2n) is 5.59. The normalized spacial score (nSPS) is 25.4. The summed E-state index contributed by atoms with van der Waals surface area (Å²) in [4.78, 5) is 34.1. The van der Waals surface area contributed by atoms with Gasteiger partial charge in [-0.05, 0) is 11.6 Å². The van der Waals surface area contributed by atoms with E-state index >= 15 is 0 Å². The zero-order valence-electron chi connectivity index (χ0n) is 13.8. The summed E-state index contributed by atoms with van der Waals surface area (Å²) < 4.78 is 31.7. The Balaban J connectivity index is 1.95. The summed E-state index contributed by atoms with van der Waals surface area (Å²) in [5.41, 5.74) is 6.11. The van der Waals surface area contributed by atoms with E-state index in [1.165, 1.54) is 17.8 Å². The molecule has 0 unspecified atom stereocenters. The van der Waals surface area contributed by atoms with Crippen LogP contribution < -0.4 is 5.73 Å². The predicted molar refractivity (Wildman–Crippen MR) is 85.7 cm³/mol. The number of rotatable bonds is 4. The Kier molecular flexibility index (Phi) is 4.92. The Morgan fingerprint density at radius 2 is 2.12 bits per heavy atom. The Morgan fingerprint density at radius 1 is 1.38 bits per heavy atom. The Morgan fingerprint density at radius 3 is 2.77 bits per heavy atom. The third-order valence-corrected chi connectivity index (χ3v) is 3.88. The van der Waals surface area contributed by atoms with Crippen molar-refractivity contribution in [1.82, 2.24) is 19.5 Å². The molecule has 0 aromatic carbocycles. The van der Waals surface area contributed by atoms with Gasteiger partial charge in [-0.3, -0.25) is 14.2 Å². The third-order valence-electron chi connectivity index (χ3n) is 3.72. The summed E-state index contributed by atoms with van der Waals surface area (Å²) in [6.07, 6.45) is -4.02. The molecule has 0 radical (unpaired) electrons. The average molecular weight is 388 g/mol. The van der Waals surface area contributed by atoms with Gasteiger partial charge in [0.25, 0.3) is 0 Å². The van der Waals surface area contributed by atoms with Crippen LogP contribution >= 0.6 is 11.6 Å². The molecular formula is C14H15ClFN5O5. The minimum atomic E-state index is -1.77. The first-order chi connectivity index (χ1) is 12.3. The van der Waals surface area contributed by atoms with Gasteiger partial charge in [0.05, 0.1) is 6.33 Å². The van der Waals surface area contributed by atoms with Crippen molar-refractivity contribution in [2.45, 2.75) is 38.5 Å². The van der Waals surface area contributed by atoms with Crippen LogP contribution in [-0.4, -0.2) is 56.4 Å². The SMILES string of the molecule is CC(=O)OC[C@H]1O[C@@H](n2cnc3c(N)nc(Cl)nc32)[C@@H](F)[C@@H]1OC(C)=O. The van der Waals surface area contributed by atoms with Crippen LogP contribution in [0.2, 0.25) is 5.28 Å². The van der Waals surface area contributed by atoms with Crippen LogP contribution in [0.15, 0.2) is 6.33 Å². The molecule has 1 aliphatic heterocycles. The van der Waals surface area contributed by atoms with Crippen LogP contribution in [0.4, 0.5) is 10.2 Å². The Hall–Kier alpha value is -2.53. The lowest BCUT2D eigenvalue weighted by atomic mass is 10.1. The fourth-order valence-corrected chi connectivity index (χ4v) is 2.85. The van der Waals surface area contributed by atoms with Gasteiger partial charge in [-0.2, -0.15) is 9.97 Å². The molecule has 0 spiro atoms. The molecule has 2 aromatic rings. The number of aromatic nitrogens is 4. The number of anilines is 1. The minimum absolute atomic E-state index is 0.0279. The maximum Gasteiger partial charge on any atom is 0.303 e. The van der Waals surface area contributed by atoms with E-state index in [4.69, 9.17) is 31.5 Å². The molecule has 1 aliphatic rings. The molecule has 0 amide bonds. The van der Waals surface area contributed by atoms with Crippen molar-refractivity contribution in [2.75, 3.05) is 12.3 Å². The predicted octanol–water partition coefficient (Wildman–Crippen LogP) is 0.792. The van der Waals surface area contributed by atoms with E-state index in [9.17, 15) is 14.0 Å². The summed E-state index contributed by atoms with van der Waals surface area (Å²) >= 11 is 5.80. The van der Waals surface area contributed by atoms with Gasteiger partial charge >= 0.3 is 11.9 Å². The van der Waals surface area contributed by atoms with E-state index in [0.29, 0.717) is 0 Å². The summed E-state index contributed by atoms with van der Waals surface area (Å²) in [6.45, 7) is 2.06. The minimum Gasteiger partial charge on any atom is -0.463 e. The average Bonchev–Trinajstić information content (AvgIpc) is 3.08. The van der Waals surface area contributed by atoms with Crippen LogP contribution in [0.25, 0.3) is 11.2 Å². The summed E-state index contributed by atoms with van der Waals surface area (Å²) in [7, 11) is 0. The van der Waals surface area contributed by atoms with Crippen molar-refractivity contribution in [1.29, 1.82) is 0 Å². The number of carbonyl (C=O) groups is 2. The zero-order chi connectivity index (χ0) is 19.0. The topological polar surface area (TPSA) is 131 Å². The van der Waals surface area contributed by atoms with Crippen molar-refractivity contribution < 1.29 is 28.2 Å². The molecule has 2 aromatic heterocycles. The van der Waals surface area contributed by atoms with Crippen molar-refractivity contribution in [3.63, 3.8) is 0 Å². The number of nitrogen functional groups attached to an aromatic ring is 1. The molecule has 12 heteroatoms. The highest BCUT2D eigenvalue weighted by Crippen LogP contribution is 2.36. The van der Waals surface area contributed by atoms with Crippen LogP contribution in [0.3, 0.4) is 0 Å². The standard InChI is InChI=1S/C14H15ClFN5O5/c1-5(22)24-3-7-10(25-6(2)23)8(16)13(26-7)21-4-18-9-11(17)19-14(15)20-12(9)21/h4,7-8,10,13H,3H2,1-2H3,(H2,17,19,20)/t7-,8+,10-,13-/m1/s1. The number of ether oxygens (including phenoxy) is 3. The number of carbonyl (C=O) groups excluding carboxylic acids is 2. The van der Waals surface area contributed by atoms with Gasteiger partial charge in [-0.15, -0.1) is 0 Å². The number of fused-ring (bicyclic) bond motifs is 1. The monoisotopic (exact) mass is 387 g/mol. The van der Waals surface area contributed by atoms with E-state index in [0.717, 1.165) is 6.92 Å². The molecular weight excluding hydrogens is 373 g/mol. The van der Waals surface area contributed by atoms with Gasteiger partial charge in [-0.25, -0.2) is 9.37 Å². The lowest BCUT2D eigenvalue weighted by Crippen LogP contribution is -2.36. The van der Waals surface area contributed by atoms with Crippen molar-refractivity contribution >= 4 is 40.5 Å². The summed E-state index contributed by atoms with van der Waals surface area (Å²) in [6, 6.07) is 0. The molecule has 1 fully saturated rings. The quantitative estimate of drug-likeness (QED) is 0.597. The molecule has 0 aliphatic carbocycles. The largest absolute Gasteiger partial charge is 0.463 e. The second kappa shape index (κ2) is 7.00. The lowest BCUT2D eigenvalue weighted by molar-refractivity contribution is -0.156. The highest BCUT2D eigenvalue weighted by Gasteiger charge is 2.49. The molecule has 2 N–H and O–H groups in total. The number of alkyl halides is 1. The number of imidazole rings is 1. The fourth-order valence-electron chi connectivity index (χ4n) is 2.68. The lowest BCUT2D eigenvalue weighted by Gasteiger charge is -2.18. The molecule has 3 heterocycles. The molecule has 4 atom stereocenters. The first-order valence-electron chi connectivity index (χ1n) is 7.53. The smallest absolute Gasteiger partial charge is 0.303 e. The van der Waals surface area contributed by atoms with E-state index < -0.39 is 36.5 Å². The number of hydrogen-bond donors (Lipinski definition) is 1. The van der Waals surface area contributed by atoms with Crippen molar-refractivity contribution in [3.05, 3.63) is 11.6 Å². The first kappa shape index (κ1) is 18.3. The molecule has 0 saturated carbocycles. The number of hydrogen-bond acceptors (Lipinski definition) is 9. The van der Waals surface area contributed by atoms with Gasteiger partial charge < -0.3 is 19.9 Å². The van der Waals surface area contributed by atoms with Gasteiger partial charge in [0.15, 0.2) is 30.0 Å². The van der Waals surface area contributed by atoms with Gasteiger partial charge in [0.2, 0.25) is 5.28 Å². The molecule has 0 bridgehead atoms. The second-order valence-corrected chi connectivity index (χ2v) is 5.93. The number of nitrogens with two attached hydrogens (primary N) is 1. The number of esters is 2. The van der Waals surface area contributed by atoms with Crippen molar-refractivity contribution in [3.8, 4) is 0 Å². The molecule has 26 heavy (non-hydrogen) atoms. The maximum absolute atomic E-state index is 15.0. The van der Waals surface area contributed by atoms with Gasteiger partial charge in [0.1, 0.15) is 18.2 Å². The maximum atomic E-state index is 15.0. The highest BCUT2D eigenvalue weighted by atomic mass is 35.5. The Labute approximate surface area is 151 Å². The van der Waals surface area contributed by atoms with E-state index in [1.54, 1.807) is 0 Å². The van der Waals surface area contributed by atoms with Crippen molar-refractivity contribution in [2.24, 2.45) is 0 Å². The van der Waals surface area contributed by atoms with Crippen LogP contribution in [0.5, 0.6) is 0 Å². The summed E-state index contributed by atoms with van der Waals surface area (Å²) in [5.74, 6) is -1.24. The van der Waals surface area contributed by atoms with Gasteiger partial charge in [0, 0.05) is 13.8 Å². The highest BCUT2D eigenvalue weighted by molar-refractivity contribution is 6.28. The molecule has 1 saturated heterocycles. The van der Waals surface area contributed by atoms with Crippen LogP contribution in [0.1, 0.15) is 20.1 Å². The summed E-state index contributed by atoms with van der Waals surface area (Å²) in [5, 5.41) is -0.141. The van der Waals surface area contributed by atoms with E-state index in [1.807, 2.05) is 0 Å². The van der Waals surface area contributed by atoms with Crippen LogP contribution in [0, 0.1) is 0 Å². The Bertz CT molecular complexity index is 862. The first-order valence-corrected chi connectivity index (χ1v) is 7.91. The zero-order valence-corrected chi connectivity index (χ0v) is 14.5. The van der Waals surface area contributed by atoms with Crippen LogP contribution in [-0.2, 0) is 23.8 Å². The number of nitrogens with zero attached hydrogens (tertiary/aromatic N) is 4. The molecule has 3 rings (SSSR count).